The molecule has 1 atom stereocenters. The van der Waals surface area contributed by atoms with Crippen LogP contribution in [-0.2, 0) is 4.74 Å². The molecular formula is C10H17NOS. The van der Waals surface area contributed by atoms with Crippen molar-refractivity contribution in [2.75, 3.05) is 13.2 Å². The first-order valence-electron chi connectivity index (χ1n) is 4.59. The number of hydrogen-bond donors (Lipinski definition) is 1. The zero-order valence-corrected chi connectivity index (χ0v) is 9.01. The first kappa shape index (κ1) is 10.7. The molecule has 0 radical (unpaired) electrons. The molecule has 2 N–H and O–H groups in total. The van der Waals surface area contributed by atoms with Crippen LogP contribution in [-0.4, -0.2) is 13.2 Å². The summed E-state index contributed by atoms with van der Waals surface area (Å²) in [5.74, 6) is 0.564. The topological polar surface area (TPSA) is 35.2 Å². The van der Waals surface area contributed by atoms with Crippen LogP contribution in [0, 0.1) is 5.92 Å². The molecular weight excluding hydrogens is 182 g/mol. The van der Waals surface area contributed by atoms with Crippen molar-refractivity contribution in [3.63, 3.8) is 0 Å². The average Bonchev–Trinajstić information content (AvgIpc) is 2.58. The highest BCUT2D eigenvalue weighted by Gasteiger charge is 2.11. The van der Waals surface area contributed by atoms with E-state index >= 15 is 0 Å². The van der Waals surface area contributed by atoms with Gasteiger partial charge in [-0.2, -0.15) is 0 Å². The lowest BCUT2D eigenvalue weighted by Crippen LogP contribution is -2.17. The molecule has 0 bridgehead atoms. The summed E-state index contributed by atoms with van der Waals surface area (Å²) in [7, 11) is 0. The fraction of sp³-hybridized carbons (Fsp3) is 0.600. The normalized spacial score (nSPS) is 13.5. The molecule has 0 saturated heterocycles. The smallest absolute Gasteiger partial charge is 0.104 e. The number of rotatable bonds is 5. The van der Waals surface area contributed by atoms with Gasteiger partial charge >= 0.3 is 0 Å². The largest absolute Gasteiger partial charge is 0.371 e. The molecule has 0 aliphatic rings. The predicted molar refractivity (Wildman–Crippen MR) is 56.9 cm³/mol. The second-order valence-electron chi connectivity index (χ2n) is 3.47. The third-order valence-electron chi connectivity index (χ3n) is 1.71. The Hall–Kier alpha value is -0.380. The van der Waals surface area contributed by atoms with E-state index in [0.29, 0.717) is 12.5 Å². The van der Waals surface area contributed by atoms with Gasteiger partial charge in [0, 0.05) is 18.0 Å². The highest BCUT2D eigenvalue weighted by molar-refractivity contribution is 7.10. The summed E-state index contributed by atoms with van der Waals surface area (Å²) >= 11 is 1.70. The molecule has 1 rings (SSSR count). The highest BCUT2D eigenvalue weighted by Crippen LogP contribution is 2.21. The summed E-state index contributed by atoms with van der Waals surface area (Å²) in [6.45, 7) is 5.62. The molecule has 1 unspecified atom stereocenters. The van der Waals surface area contributed by atoms with E-state index in [-0.39, 0.29) is 6.10 Å². The molecule has 0 amide bonds. The molecule has 0 aliphatic carbocycles. The van der Waals surface area contributed by atoms with Crippen molar-refractivity contribution in [1.82, 2.24) is 0 Å². The van der Waals surface area contributed by atoms with Crippen LogP contribution in [0.5, 0.6) is 0 Å². The number of hydrogen-bond acceptors (Lipinski definition) is 3. The van der Waals surface area contributed by atoms with Crippen LogP contribution in [0.3, 0.4) is 0 Å². The maximum atomic E-state index is 5.68. The van der Waals surface area contributed by atoms with Gasteiger partial charge in [-0.25, -0.2) is 0 Å². The maximum Gasteiger partial charge on any atom is 0.104 e. The van der Waals surface area contributed by atoms with Gasteiger partial charge in [0.1, 0.15) is 6.10 Å². The van der Waals surface area contributed by atoms with Crippen molar-refractivity contribution in [2.24, 2.45) is 11.7 Å². The first-order valence-corrected chi connectivity index (χ1v) is 5.47. The number of thiophene rings is 1. The van der Waals surface area contributed by atoms with Crippen molar-refractivity contribution >= 4 is 11.3 Å². The average molecular weight is 199 g/mol. The molecule has 0 spiro atoms. The Morgan fingerprint density at radius 2 is 2.31 bits per heavy atom. The van der Waals surface area contributed by atoms with Gasteiger partial charge in [0.2, 0.25) is 0 Å². The molecule has 0 aliphatic heterocycles. The third-order valence-corrected chi connectivity index (χ3v) is 2.67. The van der Waals surface area contributed by atoms with E-state index in [4.69, 9.17) is 10.5 Å². The van der Waals surface area contributed by atoms with Gasteiger partial charge in [-0.05, 0) is 17.4 Å². The van der Waals surface area contributed by atoms with Crippen molar-refractivity contribution in [3.8, 4) is 0 Å². The molecule has 2 nitrogen and oxygen atoms in total. The van der Waals surface area contributed by atoms with E-state index in [1.165, 1.54) is 4.88 Å². The minimum absolute atomic E-state index is 0.0856. The fourth-order valence-electron chi connectivity index (χ4n) is 1.05. The standard InChI is InChI=1S/C10H17NOS/c1-8(2)7-12-9(6-11)10-4-3-5-13-10/h3-5,8-9H,6-7,11H2,1-2H3. The molecule has 74 valence electrons. The van der Waals surface area contributed by atoms with E-state index in [1.54, 1.807) is 11.3 Å². The monoisotopic (exact) mass is 199 g/mol. The minimum Gasteiger partial charge on any atom is -0.371 e. The second-order valence-corrected chi connectivity index (χ2v) is 4.45. The molecule has 3 heteroatoms. The SMILES string of the molecule is CC(C)COC(CN)c1cccs1. The van der Waals surface area contributed by atoms with Crippen molar-refractivity contribution in [2.45, 2.75) is 20.0 Å². The van der Waals surface area contributed by atoms with Crippen molar-refractivity contribution in [1.29, 1.82) is 0 Å². The lowest BCUT2D eigenvalue weighted by molar-refractivity contribution is 0.0427. The number of nitrogens with two attached hydrogens (primary N) is 1. The first-order chi connectivity index (χ1) is 6.24. The zero-order chi connectivity index (χ0) is 9.68. The minimum atomic E-state index is 0.0856. The molecule has 1 heterocycles. The Bertz CT molecular complexity index is 221. The summed E-state index contributed by atoms with van der Waals surface area (Å²) in [6, 6.07) is 4.10. The van der Waals surface area contributed by atoms with Crippen LogP contribution in [0.25, 0.3) is 0 Å². The molecule has 0 fully saturated rings. The fourth-order valence-corrected chi connectivity index (χ4v) is 1.84. The lowest BCUT2D eigenvalue weighted by Gasteiger charge is -2.15. The van der Waals surface area contributed by atoms with E-state index in [1.807, 2.05) is 6.07 Å². The van der Waals surface area contributed by atoms with Crippen LogP contribution in [0.15, 0.2) is 17.5 Å². The van der Waals surface area contributed by atoms with Gasteiger partial charge in [-0.3, -0.25) is 0 Å². The highest BCUT2D eigenvalue weighted by atomic mass is 32.1. The van der Waals surface area contributed by atoms with Crippen molar-refractivity contribution in [3.05, 3.63) is 22.4 Å². The zero-order valence-electron chi connectivity index (χ0n) is 8.19. The van der Waals surface area contributed by atoms with Crippen LogP contribution in [0.4, 0.5) is 0 Å². The van der Waals surface area contributed by atoms with Crippen LogP contribution in [0.1, 0.15) is 24.8 Å². The summed E-state index contributed by atoms with van der Waals surface area (Å²) in [4.78, 5) is 1.23. The molecule has 13 heavy (non-hydrogen) atoms. The summed E-state index contributed by atoms with van der Waals surface area (Å²) in [5.41, 5.74) is 5.63. The Morgan fingerprint density at radius 3 is 2.77 bits per heavy atom. The van der Waals surface area contributed by atoms with E-state index < -0.39 is 0 Å². The van der Waals surface area contributed by atoms with Gasteiger partial charge in [-0.1, -0.05) is 19.9 Å². The van der Waals surface area contributed by atoms with Crippen LogP contribution < -0.4 is 5.73 Å². The van der Waals surface area contributed by atoms with Crippen LogP contribution in [0.2, 0.25) is 0 Å². The van der Waals surface area contributed by atoms with Crippen LogP contribution >= 0.6 is 11.3 Å². The molecule has 0 saturated carbocycles. The Balaban J connectivity index is 2.44. The maximum absolute atomic E-state index is 5.68. The molecule has 1 aromatic rings. The Labute approximate surface area is 83.7 Å². The van der Waals surface area contributed by atoms with E-state index in [9.17, 15) is 0 Å². The second kappa shape index (κ2) is 5.37. The van der Waals surface area contributed by atoms with E-state index in [2.05, 4.69) is 25.3 Å². The van der Waals surface area contributed by atoms with Gasteiger partial charge in [0.05, 0.1) is 0 Å². The quantitative estimate of drug-likeness (QED) is 0.790. The van der Waals surface area contributed by atoms with Crippen molar-refractivity contribution < 1.29 is 4.74 Å². The van der Waals surface area contributed by atoms with E-state index in [0.717, 1.165) is 6.61 Å². The Morgan fingerprint density at radius 1 is 1.54 bits per heavy atom. The summed E-state index contributed by atoms with van der Waals surface area (Å²) in [6.07, 6.45) is 0.0856. The van der Waals surface area contributed by atoms with Gasteiger partial charge in [0.15, 0.2) is 0 Å². The number of ether oxygens (including phenoxy) is 1. The molecule has 1 aromatic heterocycles. The van der Waals surface area contributed by atoms with Gasteiger partial charge < -0.3 is 10.5 Å². The summed E-state index contributed by atoms with van der Waals surface area (Å²) in [5, 5.41) is 2.05. The lowest BCUT2D eigenvalue weighted by atomic mass is 10.2. The third kappa shape index (κ3) is 3.46. The summed E-state index contributed by atoms with van der Waals surface area (Å²) < 4.78 is 5.68. The Kier molecular flexibility index (Phi) is 4.42. The van der Waals surface area contributed by atoms with Gasteiger partial charge in [-0.15, -0.1) is 11.3 Å². The van der Waals surface area contributed by atoms with Gasteiger partial charge in [0.25, 0.3) is 0 Å². The molecule has 0 aromatic carbocycles. The predicted octanol–water partition coefficient (Wildman–Crippen LogP) is 2.42.